The number of amides is 2. The van der Waals surface area contributed by atoms with Crippen LogP contribution in [-0.2, 0) is 16.1 Å². The number of halogens is 1. The Bertz CT molecular complexity index is 1250. The second-order valence-electron chi connectivity index (χ2n) is 6.84. The van der Waals surface area contributed by atoms with E-state index < -0.39 is 23.5 Å². The van der Waals surface area contributed by atoms with Crippen molar-refractivity contribution >= 4 is 63.4 Å². The number of nitrogens with zero attached hydrogens (tertiary/aromatic N) is 3. The van der Waals surface area contributed by atoms with Gasteiger partial charge in [0.25, 0.3) is 11.5 Å². The van der Waals surface area contributed by atoms with Gasteiger partial charge in [-0.15, -0.1) is 0 Å². The number of H-pyrrole nitrogens is 1. The number of benzene rings is 1. The van der Waals surface area contributed by atoms with E-state index in [2.05, 4.69) is 34.1 Å². The van der Waals surface area contributed by atoms with Gasteiger partial charge in [0, 0.05) is 17.7 Å². The molecular formula is C19H19IN8O5. The van der Waals surface area contributed by atoms with Gasteiger partial charge in [-0.2, -0.15) is 4.98 Å². The first-order chi connectivity index (χ1) is 15.8. The highest BCUT2D eigenvalue weighted by Crippen LogP contribution is 2.12. The molecule has 0 bridgehead atoms. The number of carboxylic acids is 1. The fourth-order valence-electron chi connectivity index (χ4n) is 2.81. The molecule has 13 nitrogen and oxygen atoms in total. The molecule has 0 unspecified atom stereocenters. The number of aliphatic carboxylic acids is 1. The van der Waals surface area contributed by atoms with Crippen LogP contribution in [0.1, 0.15) is 28.9 Å². The quantitative estimate of drug-likeness (QED) is 0.155. The maximum Gasteiger partial charge on any atom is 0.326 e. The molecule has 2 amide bonds. The van der Waals surface area contributed by atoms with Crippen LogP contribution in [-0.4, -0.2) is 48.9 Å². The topological polar surface area (TPSA) is 205 Å². The molecule has 172 valence electrons. The highest BCUT2D eigenvalue weighted by molar-refractivity contribution is 14.1. The second kappa shape index (κ2) is 10.7. The summed E-state index contributed by atoms with van der Waals surface area (Å²) >= 11 is 1.66. The van der Waals surface area contributed by atoms with Crippen molar-refractivity contribution in [2.24, 2.45) is 0 Å². The van der Waals surface area contributed by atoms with E-state index in [0.717, 1.165) is 0 Å². The molecule has 0 saturated carbocycles. The van der Waals surface area contributed by atoms with Crippen molar-refractivity contribution in [2.75, 3.05) is 11.1 Å². The molecule has 0 spiro atoms. The Kier molecular flexibility index (Phi) is 7.70. The summed E-state index contributed by atoms with van der Waals surface area (Å²) in [6, 6.07) is 5.13. The lowest BCUT2D eigenvalue weighted by Crippen LogP contribution is -2.41. The predicted octanol–water partition coefficient (Wildman–Crippen LogP) is 0.337. The van der Waals surface area contributed by atoms with Crippen LogP contribution in [0.25, 0.3) is 11.2 Å². The minimum absolute atomic E-state index is 0.0317. The van der Waals surface area contributed by atoms with E-state index in [1.807, 2.05) is 0 Å². The van der Waals surface area contributed by atoms with E-state index in [0.29, 0.717) is 11.4 Å². The third-order valence-corrected chi connectivity index (χ3v) is 5.08. The molecule has 3 rings (SSSR count). The molecular weight excluding hydrogens is 547 g/mol. The van der Waals surface area contributed by atoms with Crippen LogP contribution in [0.3, 0.4) is 0 Å². The molecule has 0 aliphatic heterocycles. The van der Waals surface area contributed by atoms with Gasteiger partial charge in [0.1, 0.15) is 6.04 Å². The average Bonchev–Trinajstić information content (AvgIpc) is 2.80. The second-order valence-corrected chi connectivity index (χ2v) is 7.38. The van der Waals surface area contributed by atoms with Gasteiger partial charge in [0.2, 0.25) is 11.9 Å². The summed E-state index contributed by atoms with van der Waals surface area (Å²) in [6.45, 7) is 0.248. The monoisotopic (exact) mass is 566 g/mol. The van der Waals surface area contributed by atoms with Crippen molar-refractivity contribution in [3.05, 3.63) is 52.1 Å². The van der Waals surface area contributed by atoms with Gasteiger partial charge in [-0.1, -0.05) is 0 Å². The smallest absolute Gasteiger partial charge is 0.326 e. The largest absolute Gasteiger partial charge is 0.480 e. The van der Waals surface area contributed by atoms with Crippen LogP contribution in [0.15, 0.2) is 35.3 Å². The van der Waals surface area contributed by atoms with Crippen LogP contribution < -0.4 is 25.5 Å². The summed E-state index contributed by atoms with van der Waals surface area (Å²) in [5.41, 5.74) is 6.61. The number of hydrogen-bond donors (Lipinski definition) is 6. The maximum atomic E-state index is 12.4. The molecule has 7 N–H and O–H groups in total. The third-order valence-electron chi connectivity index (χ3n) is 4.48. The number of carboxylic acid groups (broad SMARTS) is 1. The molecule has 2 heterocycles. The van der Waals surface area contributed by atoms with Crippen LogP contribution in [0.5, 0.6) is 0 Å². The van der Waals surface area contributed by atoms with Gasteiger partial charge in [-0.3, -0.25) is 22.9 Å². The van der Waals surface area contributed by atoms with Gasteiger partial charge in [0.05, 0.1) is 41.3 Å². The number of anilines is 2. The first-order valence-electron chi connectivity index (χ1n) is 9.55. The summed E-state index contributed by atoms with van der Waals surface area (Å²) in [5, 5.41) is 14.8. The number of fused-ring (bicyclic) bond motifs is 1. The zero-order valence-corrected chi connectivity index (χ0v) is 19.1. The minimum atomic E-state index is -1.23. The lowest BCUT2D eigenvalue weighted by Gasteiger charge is -2.14. The molecule has 0 fully saturated rings. The van der Waals surface area contributed by atoms with Crippen molar-refractivity contribution in [1.82, 2.24) is 28.8 Å². The van der Waals surface area contributed by atoms with Gasteiger partial charge in [0.15, 0.2) is 11.2 Å². The highest BCUT2D eigenvalue weighted by atomic mass is 127. The summed E-state index contributed by atoms with van der Waals surface area (Å²) in [7, 11) is 0. The SMILES string of the molecule is Nc1nc2ncc(CNc3ccc(C(=O)N[C@@H](CCC(=O)NI)C(=O)O)cc3)nc2c(=O)[nH]1. The Morgan fingerprint density at radius 3 is 2.58 bits per heavy atom. The number of rotatable bonds is 9. The number of aromatic amines is 1. The molecule has 3 aromatic rings. The van der Waals surface area contributed by atoms with E-state index in [1.165, 1.54) is 18.3 Å². The molecule has 2 aromatic heterocycles. The Balaban J connectivity index is 1.61. The van der Waals surface area contributed by atoms with Crippen molar-refractivity contribution < 1.29 is 19.5 Å². The first-order valence-corrected chi connectivity index (χ1v) is 10.6. The van der Waals surface area contributed by atoms with Crippen LogP contribution in [0.4, 0.5) is 11.6 Å². The fourth-order valence-corrected chi connectivity index (χ4v) is 3.08. The molecule has 0 saturated heterocycles. The van der Waals surface area contributed by atoms with Gasteiger partial charge in [-0.05, 0) is 30.7 Å². The van der Waals surface area contributed by atoms with Gasteiger partial charge < -0.3 is 21.5 Å². The summed E-state index contributed by atoms with van der Waals surface area (Å²) < 4.78 is 2.37. The summed E-state index contributed by atoms with van der Waals surface area (Å²) in [4.78, 5) is 61.6. The van der Waals surface area contributed by atoms with Crippen molar-refractivity contribution in [3.63, 3.8) is 0 Å². The van der Waals surface area contributed by atoms with Crippen LogP contribution in [0, 0.1) is 0 Å². The molecule has 14 heteroatoms. The molecule has 1 aromatic carbocycles. The Morgan fingerprint density at radius 1 is 1.18 bits per heavy atom. The van der Waals surface area contributed by atoms with Crippen LogP contribution >= 0.6 is 22.9 Å². The number of nitrogens with one attached hydrogen (secondary N) is 4. The number of carbonyl (C=O) groups excluding carboxylic acids is 2. The fraction of sp³-hybridized carbons (Fsp3) is 0.211. The lowest BCUT2D eigenvalue weighted by atomic mass is 10.1. The normalized spacial score (nSPS) is 11.5. The first kappa shape index (κ1) is 23.8. The van der Waals surface area contributed by atoms with E-state index in [-0.39, 0.29) is 48.0 Å². The molecule has 0 aliphatic carbocycles. The zero-order valence-electron chi connectivity index (χ0n) is 17.0. The number of nitrogens with two attached hydrogens (primary N) is 1. The third kappa shape index (κ3) is 6.34. The predicted molar refractivity (Wildman–Crippen MR) is 126 cm³/mol. The van der Waals surface area contributed by atoms with E-state index in [4.69, 9.17) is 5.73 Å². The molecule has 33 heavy (non-hydrogen) atoms. The Labute approximate surface area is 200 Å². The maximum absolute atomic E-state index is 12.4. The summed E-state index contributed by atoms with van der Waals surface area (Å²) in [5.74, 6) is -2.17. The Morgan fingerprint density at radius 2 is 1.91 bits per heavy atom. The van der Waals surface area contributed by atoms with Crippen molar-refractivity contribution in [1.29, 1.82) is 0 Å². The average molecular weight is 566 g/mol. The number of nitrogen functional groups attached to an aromatic ring is 1. The zero-order chi connectivity index (χ0) is 24.0. The van der Waals surface area contributed by atoms with E-state index in [1.54, 1.807) is 35.0 Å². The molecule has 0 aliphatic rings. The van der Waals surface area contributed by atoms with Gasteiger partial charge >= 0.3 is 5.97 Å². The molecule has 0 radical (unpaired) electrons. The molecule has 1 atom stereocenters. The van der Waals surface area contributed by atoms with Crippen molar-refractivity contribution in [3.8, 4) is 0 Å². The van der Waals surface area contributed by atoms with E-state index in [9.17, 15) is 24.3 Å². The highest BCUT2D eigenvalue weighted by Gasteiger charge is 2.21. The van der Waals surface area contributed by atoms with E-state index >= 15 is 0 Å². The standard InChI is InChI=1S/C19H19IN8O5/c20-28-13(29)6-5-12(18(32)33)25-16(30)9-1-3-10(4-2-9)22-7-11-8-23-15-14(24-11)17(31)27-19(21)26-15/h1-4,8,12,22H,5-7H2,(H,25,30)(H,28,29)(H,32,33)(H3,21,23,26,27,31)/t12-/m0/s1. The van der Waals surface area contributed by atoms with Crippen LogP contribution in [0.2, 0.25) is 0 Å². The van der Waals surface area contributed by atoms with Gasteiger partial charge in [-0.25, -0.2) is 14.8 Å². The summed E-state index contributed by atoms with van der Waals surface area (Å²) in [6.07, 6.45) is 1.40. The number of aromatic nitrogens is 4. The minimum Gasteiger partial charge on any atom is -0.480 e. The van der Waals surface area contributed by atoms with Crippen molar-refractivity contribution in [2.45, 2.75) is 25.4 Å². The number of hydrogen-bond acceptors (Lipinski definition) is 9. The Hall–Kier alpha value is -3.82. The lowest BCUT2D eigenvalue weighted by molar-refractivity contribution is -0.139. The number of carbonyl (C=O) groups is 3.